The molecular formula is C22H36O5S2. The van der Waals surface area contributed by atoms with E-state index in [-0.39, 0.29) is 40.9 Å². The van der Waals surface area contributed by atoms with E-state index in [1.807, 2.05) is 12.2 Å². The third-order valence-corrected chi connectivity index (χ3v) is 8.70. The van der Waals surface area contributed by atoms with Gasteiger partial charge in [0.05, 0.1) is 30.3 Å². The molecule has 2 N–H and O–H groups in total. The molecule has 1 unspecified atom stereocenters. The lowest BCUT2D eigenvalue weighted by Gasteiger charge is -2.45. The maximum atomic E-state index is 12.3. The zero-order valence-electron chi connectivity index (χ0n) is 17.7. The van der Waals surface area contributed by atoms with Crippen molar-refractivity contribution in [2.75, 3.05) is 24.4 Å². The summed E-state index contributed by atoms with van der Waals surface area (Å²) in [5, 5.41) is 20.8. The summed E-state index contributed by atoms with van der Waals surface area (Å²) < 4.78 is 4.61. The molecule has 2 saturated carbocycles. The van der Waals surface area contributed by atoms with Gasteiger partial charge in [-0.25, -0.2) is 0 Å². The van der Waals surface area contributed by atoms with Crippen LogP contribution in [0.5, 0.6) is 0 Å². The van der Waals surface area contributed by atoms with E-state index in [1.54, 1.807) is 11.8 Å². The highest BCUT2D eigenvalue weighted by Gasteiger charge is 2.42. The maximum absolute atomic E-state index is 12.3. The fraction of sp³-hybridized carbons (Fsp3) is 0.818. The van der Waals surface area contributed by atoms with Crippen molar-refractivity contribution in [3.63, 3.8) is 0 Å². The van der Waals surface area contributed by atoms with Gasteiger partial charge in [0.15, 0.2) is 0 Å². The lowest BCUT2D eigenvalue weighted by atomic mass is 9.62. The van der Waals surface area contributed by atoms with Crippen LogP contribution in [0.15, 0.2) is 12.2 Å². The molecule has 4 atom stereocenters. The zero-order chi connectivity index (χ0) is 21.3. The second-order valence-electron chi connectivity index (χ2n) is 8.23. The Labute approximate surface area is 183 Å². The van der Waals surface area contributed by atoms with Crippen LogP contribution in [0.3, 0.4) is 0 Å². The molecular weight excluding hydrogens is 408 g/mol. The molecule has 0 aromatic rings. The number of rotatable bonds is 13. The molecule has 0 spiro atoms. The Bertz CT molecular complexity index is 561. The lowest BCUT2D eigenvalue weighted by Crippen LogP contribution is -2.41. The van der Waals surface area contributed by atoms with Gasteiger partial charge in [-0.05, 0) is 49.0 Å². The summed E-state index contributed by atoms with van der Waals surface area (Å²) in [4.78, 5) is 23.4. The van der Waals surface area contributed by atoms with Crippen LogP contribution in [-0.2, 0) is 14.3 Å². The third kappa shape index (κ3) is 7.01. The average Bonchev–Trinajstić information content (AvgIpc) is 2.93. The fourth-order valence-electron chi connectivity index (χ4n) is 4.39. The number of ether oxygens (including phenoxy) is 1. The van der Waals surface area contributed by atoms with Crippen LogP contribution < -0.4 is 0 Å². The number of aliphatic hydroxyl groups is 2. The van der Waals surface area contributed by atoms with Gasteiger partial charge in [0, 0.05) is 12.3 Å². The smallest absolute Gasteiger partial charge is 0.315 e. The Morgan fingerprint density at radius 2 is 2.14 bits per heavy atom. The summed E-state index contributed by atoms with van der Waals surface area (Å²) in [6, 6.07) is 0. The standard InChI is InChI=1S/C22H36O5S2/c1-3-9-22(10-5-11-22)19(25)8-4-7-16-17(23)14-18(24)21(16)29-13-6-12-28-15-20(26)27-2/h4,7,16-17,19,21,23,25H,3,5-6,8-15H2,1-2H3/b7-4+/t16-,17+,19?,21+/m0/s1. The molecule has 166 valence electrons. The van der Waals surface area contributed by atoms with Crippen molar-refractivity contribution < 1.29 is 24.5 Å². The minimum atomic E-state index is -0.629. The molecule has 0 aromatic carbocycles. The number of esters is 1. The van der Waals surface area contributed by atoms with Crippen molar-refractivity contribution in [2.45, 2.75) is 75.7 Å². The number of carbonyl (C=O) groups is 2. The van der Waals surface area contributed by atoms with Gasteiger partial charge < -0.3 is 14.9 Å². The Morgan fingerprint density at radius 1 is 1.38 bits per heavy atom. The van der Waals surface area contributed by atoms with Gasteiger partial charge in [-0.15, -0.1) is 11.8 Å². The van der Waals surface area contributed by atoms with Crippen molar-refractivity contribution >= 4 is 35.3 Å². The molecule has 0 saturated heterocycles. The first-order chi connectivity index (χ1) is 13.9. The topological polar surface area (TPSA) is 83.8 Å². The van der Waals surface area contributed by atoms with Crippen molar-refractivity contribution in [2.24, 2.45) is 11.3 Å². The van der Waals surface area contributed by atoms with Gasteiger partial charge >= 0.3 is 5.97 Å². The number of methoxy groups -OCH3 is 1. The van der Waals surface area contributed by atoms with Gasteiger partial charge in [-0.1, -0.05) is 31.9 Å². The lowest BCUT2D eigenvalue weighted by molar-refractivity contribution is -0.137. The number of carbonyl (C=O) groups excluding carboxylic acids is 2. The van der Waals surface area contributed by atoms with Crippen molar-refractivity contribution in [3.8, 4) is 0 Å². The molecule has 5 nitrogen and oxygen atoms in total. The molecule has 0 bridgehead atoms. The fourth-order valence-corrected chi connectivity index (χ4v) is 6.69. The molecule has 2 aliphatic carbocycles. The quantitative estimate of drug-likeness (QED) is 0.255. The van der Waals surface area contributed by atoms with Crippen LogP contribution in [0.2, 0.25) is 0 Å². The van der Waals surface area contributed by atoms with Gasteiger partial charge in [0.1, 0.15) is 5.78 Å². The molecule has 2 rings (SSSR count). The minimum absolute atomic E-state index is 0.0826. The molecule has 0 aliphatic heterocycles. The number of hydrogen-bond acceptors (Lipinski definition) is 7. The van der Waals surface area contributed by atoms with Crippen molar-refractivity contribution in [1.82, 2.24) is 0 Å². The number of hydrogen-bond donors (Lipinski definition) is 2. The largest absolute Gasteiger partial charge is 0.468 e. The van der Waals surface area contributed by atoms with E-state index in [1.165, 1.54) is 25.3 Å². The SMILES string of the molecule is CCCC1(C(O)C/C=C/[C@H]2[C@H](O)CC(=O)[C@@H]2SCCCSCC(=O)OC)CCC1. The Hall–Kier alpha value is -0.500. The average molecular weight is 445 g/mol. The molecule has 0 aromatic heterocycles. The maximum Gasteiger partial charge on any atom is 0.315 e. The molecule has 0 radical (unpaired) electrons. The monoisotopic (exact) mass is 444 g/mol. The first-order valence-corrected chi connectivity index (χ1v) is 13.0. The third-order valence-electron chi connectivity index (χ3n) is 6.22. The first-order valence-electron chi connectivity index (χ1n) is 10.7. The van der Waals surface area contributed by atoms with E-state index in [9.17, 15) is 19.8 Å². The molecule has 29 heavy (non-hydrogen) atoms. The van der Waals surface area contributed by atoms with Crippen molar-refractivity contribution in [1.29, 1.82) is 0 Å². The van der Waals surface area contributed by atoms with Crippen LogP contribution in [0, 0.1) is 11.3 Å². The highest BCUT2D eigenvalue weighted by atomic mass is 32.2. The molecule has 7 heteroatoms. The Morgan fingerprint density at radius 3 is 2.76 bits per heavy atom. The second-order valence-corrected chi connectivity index (χ2v) is 10.6. The normalized spacial score (nSPS) is 27.2. The van der Waals surface area contributed by atoms with E-state index >= 15 is 0 Å². The molecule has 2 fully saturated rings. The number of thioether (sulfide) groups is 2. The number of Topliss-reactive ketones (excluding diaryl/α,β-unsaturated/α-hetero) is 1. The first kappa shape index (κ1) is 24.8. The summed E-state index contributed by atoms with van der Waals surface area (Å²) in [5.74, 6) is 1.75. The summed E-state index contributed by atoms with van der Waals surface area (Å²) in [7, 11) is 1.39. The Kier molecular flexibility index (Phi) is 10.6. The van der Waals surface area contributed by atoms with Crippen LogP contribution in [0.4, 0.5) is 0 Å². The number of ketones is 1. The molecule has 0 amide bonds. The predicted octanol–water partition coefficient (Wildman–Crippen LogP) is 3.61. The van der Waals surface area contributed by atoms with E-state index in [4.69, 9.17) is 0 Å². The zero-order valence-corrected chi connectivity index (χ0v) is 19.3. The van der Waals surface area contributed by atoms with Gasteiger partial charge in [-0.3, -0.25) is 9.59 Å². The predicted molar refractivity (Wildman–Crippen MR) is 120 cm³/mol. The van der Waals surface area contributed by atoms with Gasteiger partial charge in [0.2, 0.25) is 0 Å². The molecule has 0 heterocycles. The summed E-state index contributed by atoms with van der Waals surface area (Å²) >= 11 is 3.14. The summed E-state index contributed by atoms with van der Waals surface area (Å²) in [5.41, 5.74) is 0.0826. The Balaban J connectivity index is 1.77. The van der Waals surface area contributed by atoms with Gasteiger partial charge in [0.25, 0.3) is 0 Å². The van der Waals surface area contributed by atoms with E-state index in [0.717, 1.165) is 43.6 Å². The van der Waals surface area contributed by atoms with Crippen LogP contribution in [-0.4, -0.2) is 63.8 Å². The molecule has 2 aliphatic rings. The number of aliphatic hydroxyl groups excluding tert-OH is 2. The van der Waals surface area contributed by atoms with E-state index in [0.29, 0.717) is 12.2 Å². The van der Waals surface area contributed by atoms with Crippen LogP contribution >= 0.6 is 23.5 Å². The minimum Gasteiger partial charge on any atom is -0.468 e. The van der Waals surface area contributed by atoms with Gasteiger partial charge in [-0.2, -0.15) is 11.8 Å². The van der Waals surface area contributed by atoms with Crippen molar-refractivity contribution in [3.05, 3.63) is 12.2 Å². The van der Waals surface area contributed by atoms with Crippen LogP contribution in [0.1, 0.15) is 58.3 Å². The highest BCUT2D eigenvalue weighted by Crippen LogP contribution is 2.48. The van der Waals surface area contributed by atoms with Crippen LogP contribution in [0.25, 0.3) is 0 Å². The summed E-state index contributed by atoms with van der Waals surface area (Å²) in [6.45, 7) is 2.17. The van der Waals surface area contributed by atoms with E-state index in [2.05, 4.69) is 11.7 Å². The highest BCUT2D eigenvalue weighted by molar-refractivity contribution is 8.01. The summed E-state index contributed by atoms with van der Waals surface area (Å²) in [6.07, 6.45) is 10.3. The van der Waals surface area contributed by atoms with E-state index < -0.39 is 6.10 Å². The second kappa shape index (κ2) is 12.4.